The Hall–Kier alpha value is -1.35. The molecular weight excluding hydrogens is 202 g/mol. The summed E-state index contributed by atoms with van der Waals surface area (Å²) in [4.78, 5) is 14.0. The quantitative estimate of drug-likeness (QED) is 0.818. The van der Waals surface area contributed by atoms with Crippen molar-refractivity contribution in [3.63, 3.8) is 0 Å². The van der Waals surface area contributed by atoms with Crippen LogP contribution in [0.1, 0.15) is 29.8 Å². The van der Waals surface area contributed by atoms with Crippen molar-refractivity contribution in [2.24, 2.45) is 0 Å². The number of benzene rings is 1. The Morgan fingerprint density at radius 3 is 2.75 bits per heavy atom. The maximum atomic E-state index is 12.2. The lowest BCUT2D eigenvalue weighted by Gasteiger charge is -2.40. The first-order valence-electron chi connectivity index (χ1n) is 5.57. The van der Waals surface area contributed by atoms with Crippen molar-refractivity contribution in [2.75, 3.05) is 13.2 Å². The number of carbonyl (C=O) groups is 1. The van der Waals surface area contributed by atoms with Gasteiger partial charge in [0, 0.05) is 12.1 Å². The molecular formula is C13H17NO2. The zero-order chi connectivity index (χ0) is 11.8. The lowest BCUT2D eigenvalue weighted by atomic mass is 9.94. The van der Waals surface area contributed by atoms with Crippen LogP contribution in [0.25, 0.3) is 0 Å². The molecule has 0 saturated heterocycles. The largest absolute Gasteiger partial charge is 0.394 e. The predicted octanol–water partition coefficient (Wildman–Crippen LogP) is 1.46. The van der Waals surface area contributed by atoms with Crippen LogP contribution in [0, 0.1) is 0 Å². The fourth-order valence-electron chi connectivity index (χ4n) is 2.09. The number of carbonyl (C=O) groups excluding carboxylic acids is 1. The Bertz CT molecular complexity index is 412. The van der Waals surface area contributed by atoms with E-state index in [2.05, 4.69) is 0 Å². The zero-order valence-electron chi connectivity index (χ0n) is 9.73. The Kier molecular flexibility index (Phi) is 2.72. The number of aliphatic hydroxyl groups is 1. The van der Waals surface area contributed by atoms with Gasteiger partial charge in [-0.3, -0.25) is 4.79 Å². The first-order chi connectivity index (χ1) is 7.56. The van der Waals surface area contributed by atoms with Gasteiger partial charge < -0.3 is 10.0 Å². The van der Waals surface area contributed by atoms with Gasteiger partial charge in [0.2, 0.25) is 0 Å². The number of amides is 1. The average Bonchev–Trinajstić information content (AvgIpc) is 2.29. The zero-order valence-corrected chi connectivity index (χ0v) is 9.73. The second-order valence-electron chi connectivity index (χ2n) is 4.83. The number of nitrogens with zero attached hydrogens (tertiary/aromatic N) is 1. The predicted molar refractivity (Wildman–Crippen MR) is 62.3 cm³/mol. The molecule has 1 heterocycles. The molecule has 1 aliphatic heterocycles. The van der Waals surface area contributed by atoms with Crippen LogP contribution in [0.5, 0.6) is 0 Å². The molecule has 0 radical (unpaired) electrons. The summed E-state index contributed by atoms with van der Waals surface area (Å²) < 4.78 is 0. The van der Waals surface area contributed by atoms with Crippen molar-refractivity contribution >= 4 is 5.91 Å². The van der Waals surface area contributed by atoms with Crippen molar-refractivity contribution < 1.29 is 9.90 Å². The molecule has 0 fully saturated rings. The van der Waals surface area contributed by atoms with Gasteiger partial charge in [0.15, 0.2) is 0 Å². The van der Waals surface area contributed by atoms with E-state index in [0.717, 1.165) is 17.5 Å². The van der Waals surface area contributed by atoms with Gasteiger partial charge in [-0.15, -0.1) is 0 Å². The van der Waals surface area contributed by atoms with Gasteiger partial charge in [-0.05, 0) is 31.9 Å². The summed E-state index contributed by atoms with van der Waals surface area (Å²) in [5.41, 5.74) is 1.40. The van der Waals surface area contributed by atoms with E-state index in [1.807, 2.05) is 38.1 Å². The van der Waals surface area contributed by atoms with Crippen molar-refractivity contribution in [1.82, 2.24) is 4.90 Å². The van der Waals surface area contributed by atoms with Crippen molar-refractivity contribution in [2.45, 2.75) is 25.8 Å². The second-order valence-corrected chi connectivity index (χ2v) is 4.83. The highest BCUT2D eigenvalue weighted by Crippen LogP contribution is 2.24. The van der Waals surface area contributed by atoms with E-state index in [9.17, 15) is 9.90 Å². The summed E-state index contributed by atoms with van der Waals surface area (Å²) >= 11 is 0. The third-order valence-electron chi connectivity index (χ3n) is 3.22. The van der Waals surface area contributed by atoms with Crippen LogP contribution < -0.4 is 0 Å². The molecule has 0 saturated carbocycles. The average molecular weight is 219 g/mol. The highest BCUT2D eigenvalue weighted by atomic mass is 16.3. The summed E-state index contributed by atoms with van der Waals surface area (Å²) in [7, 11) is 0. The molecule has 1 aromatic rings. The smallest absolute Gasteiger partial charge is 0.254 e. The van der Waals surface area contributed by atoms with E-state index in [0.29, 0.717) is 6.54 Å². The molecule has 16 heavy (non-hydrogen) atoms. The third kappa shape index (κ3) is 1.71. The Morgan fingerprint density at radius 2 is 2.06 bits per heavy atom. The molecule has 0 aliphatic carbocycles. The first-order valence-corrected chi connectivity index (χ1v) is 5.57. The van der Waals surface area contributed by atoms with Gasteiger partial charge in [0.1, 0.15) is 0 Å². The Balaban J connectivity index is 2.35. The van der Waals surface area contributed by atoms with Crippen molar-refractivity contribution in [3.8, 4) is 0 Å². The molecule has 1 N–H and O–H groups in total. The number of hydrogen-bond acceptors (Lipinski definition) is 2. The van der Waals surface area contributed by atoms with Gasteiger partial charge in [0.25, 0.3) is 5.91 Å². The molecule has 3 heteroatoms. The topological polar surface area (TPSA) is 40.5 Å². The molecule has 0 atom stereocenters. The SMILES string of the molecule is CC(C)(CO)N1CCc2ccccc2C1=O. The Morgan fingerprint density at radius 1 is 1.38 bits per heavy atom. The monoisotopic (exact) mass is 219 g/mol. The lowest BCUT2D eigenvalue weighted by molar-refractivity contribution is 0.0351. The molecule has 1 amide bonds. The molecule has 0 unspecified atom stereocenters. The summed E-state index contributed by atoms with van der Waals surface area (Å²) in [6.07, 6.45) is 0.866. The first kappa shape index (κ1) is 11.1. The summed E-state index contributed by atoms with van der Waals surface area (Å²) in [5, 5.41) is 9.32. The van der Waals surface area contributed by atoms with Crippen LogP contribution >= 0.6 is 0 Å². The molecule has 3 nitrogen and oxygen atoms in total. The van der Waals surface area contributed by atoms with E-state index in [4.69, 9.17) is 0 Å². The standard InChI is InChI=1S/C13H17NO2/c1-13(2,9-15)14-8-7-10-5-3-4-6-11(10)12(14)16/h3-6,15H,7-9H2,1-2H3. The van der Waals surface area contributed by atoms with Gasteiger partial charge >= 0.3 is 0 Å². The van der Waals surface area contributed by atoms with E-state index in [-0.39, 0.29) is 12.5 Å². The minimum atomic E-state index is -0.482. The van der Waals surface area contributed by atoms with Gasteiger partial charge in [-0.25, -0.2) is 0 Å². The summed E-state index contributed by atoms with van der Waals surface area (Å²) in [6.45, 7) is 4.45. The maximum Gasteiger partial charge on any atom is 0.254 e. The fourth-order valence-corrected chi connectivity index (χ4v) is 2.09. The number of hydrogen-bond donors (Lipinski definition) is 1. The van der Waals surface area contributed by atoms with Gasteiger partial charge in [0.05, 0.1) is 12.1 Å². The highest BCUT2D eigenvalue weighted by molar-refractivity contribution is 5.97. The molecule has 2 rings (SSSR count). The summed E-state index contributed by atoms with van der Waals surface area (Å²) in [6, 6.07) is 7.69. The van der Waals surface area contributed by atoms with Crippen LogP contribution in [0.3, 0.4) is 0 Å². The van der Waals surface area contributed by atoms with Gasteiger partial charge in [-0.2, -0.15) is 0 Å². The molecule has 1 aliphatic rings. The van der Waals surface area contributed by atoms with Crippen molar-refractivity contribution in [1.29, 1.82) is 0 Å². The van der Waals surface area contributed by atoms with Crippen molar-refractivity contribution in [3.05, 3.63) is 35.4 Å². The van der Waals surface area contributed by atoms with Crippen LogP contribution in [-0.4, -0.2) is 34.6 Å². The Labute approximate surface area is 95.7 Å². The van der Waals surface area contributed by atoms with Crippen LogP contribution in [0.2, 0.25) is 0 Å². The normalized spacial score (nSPS) is 16.2. The molecule has 1 aromatic carbocycles. The maximum absolute atomic E-state index is 12.2. The fraction of sp³-hybridized carbons (Fsp3) is 0.462. The van der Waals surface area contributed by atoms with E-state index < -0.39 is 5.54 Å². The minimum Gasteiger partial charge on any atom is -0.394 e. The number of aliphatic hydroxyl groups excluding tert-OH is 1. The summed E-state index contributed by atoms with van der Waals surface area (Å²) in [5.74, 6) is 0.0286. The van der Waals surface area contributed by atoms with Crippen LogP contribution in [0.4, 0.5) is 0 Å². The van der Waals surface area contributed by atoms with Crippen LogP contribution in [-0.2, 0) is 6.42 Å². The second kappa shape index (κ2) is 3.91. The number of fused-ring (bicyclic) bond motifs is 1. The lowest BCUT2D eigenvalue weighted by Crippen LogP contribution is -2.53. The molecule has 86 valence electrons. The molecule has 0 aromatic heterocycles. The van der Waals surface area contributed by atoms with E-state index in [1.165, 1.54) is 0 Å². The van der Waals surface area contributed by atoms with Crippen LogP contribution in [0.15, 0.2) is 24.3 Å². The minimum absolute atomic E-state index is 0.0130. The van der Waals surface area contributed by atoms with E-state index >= 15 is 0 Å². The highest BCUT2D eigenvalue weighted by Gasteiger charge is 2.34. The molecule has 0 bridgehead atoms. The van der Waals surface area contributed by atoms with E-state index in [1.54, 1.807) is 4.90 Å². The molecule has 0 spiro atoms. The number of rotatable bonds is 2. The third-order valence-corrected chi connectivity index (χ3v) is 3.22. The van der Waals surface area contributed by atoms with Gasteiger partial charge in [-0.1, -0.05) is 18.2 Å².